The molecule has 9 heteroatoms. The maximum Gasteiger partial charge on any atom is 0.308 e. The Morgan fingerprint density at radius 2 is 2.00 bits per heavy atom. The number of amides is 1. The van der Waals surface area contributed by atoms with Crippen LogP contribution in [0, 0.1) is 5.82 Å². The van der Waals surface area contributed by atoms with Crippen LogP contribution in [0.4, 0.5) is 8.78 Å². The molecule has 0 fully saturated rings. The number of hydrogen-bond donors (Lipinski definition) is 0. The normalized spacial score (nSPS) is 17.0. The molecule has 7 nitrogen and oxygen atoms in total. The summed E-state index contributed by atoms with van der Waals surface area (Å²) in [5.41, 5.74) is 0.453. The highest BCUT2D eigenvalue weighted by Crippen LogP contribution is 2.40. The molecule has 184 valence electrons. The fourth-order valence-electron chi connectivity index (χ4n) is 4.23. The molecule has 2 heterocycles. The lowest BCUT2D eigenvalue weighted by molar-refractivity contribution is -0.132. The topological polar surface area (TPSA) is 81.5 Å². The summed E-state index contributed by atoms with van der Waals surface area (Å²) in [6.07, 6.45) is 5.34. The minimum Gasteiger partial charge on any atom is -0.420 e. The lowest BCUT2D eigenvalue weighted by Gasteiger charge is -2.41. The van der Waals surface area contributed by atoms with Gasteiger partial charge in [0.25, 0.3) is 5.91 Å². The van der Waals surface area contributed by atoms with Crippen molar-refractivity contribution in [1.29, 1.82) is 0 Å². The van der Waals surface area contributed by atoms with Crippen LogP contribution >= 0.6 is 0 Å². The lowest BCUT2D eigenvalue weighted by atomic mass is 9.83. The first kappa shape index (κ1) is 25.7. The van der Waals surface area contributed by atoms with Crippen LogP contribution in [-0.2, 0) is 4.79 Å². The third kappa shape index (κ3) is 5.62. The van der Waals surface area contributed by atoms with Crippen LogP contribution in [0.5, 0.6) is 5.75 Å². The van der Waals surface area contributed by atoms with Crippen molar-refractivity contribution >= 4 is 11.9 Å². The molecular weight excluding hydrogens is 456 g/mol. The van der Waals surface area contributed by atoms with Gasteiger partial charge in [0.15, 0.2) is 5.69 Å². The molecule has 0 bridgehead atoms. The molecule has 1 aliphatic heterocycles. The van der Waals surface area contributed by atoms with Crippen LogP contribution in [0.25, 0.3) is 0 Å². The van der Waals surface area contributed by atoms with Gasteiger partial charge in [0.2, 0.25) is 11.2 Å². The van der Waals surface area contributed by atoms with E-state index in [2.05, 4.69) is 11.7 Å². The molecule has 0 saturated heterocycles. The monoisotopic (exact) mass is 483 g/mol. The second kappa shape index (κ2) is 10.6. The van der Waals surface area contributed by atoms with Gasteiger partial charge in [-0.1, -0.05) is 36.4 Å². The van der Waals surface area contributed by atoms with E-state index in [1.807, 2.05) is 13.8 Å². The average Bonchev–Trinajstić information content (AvgIpc) is 2.76. The summed E-state index contributed by atoms with van der Waals surface area (Å²) >= 11 is 0. The number of allylic oxidation sites excluding steroid dienone is 5. The average molecular weight is 484 g/mol. The minimum atomic E-state index is -0.753. The number of benzene rings is 1. The van der Waals surface area contributed by atoms with Crippen molar-refractivity contribution in [2.24, 2.45) is 0 Å². The summed E-state index contributed by atoms with van der Waals surface area (Å²) < 4.78 is 33.9. The quantitative estimate of drug-likeness (QED) is 0.428. The lowest BCUT2D eigenvalue weighted by Crippen LogP contribution is -2.50. The number of hydrogen-bond acceptors (Lipinski definition) is 5. The van der Waals surface area contributed by atoms with E-state index in [0.29, 0.717) is 5.56 Å². The van der Waals surface area contributed by atoms with Gasteiger partial charge in [-0.25, -0.2) is 8.78 Å². The number of ether oxygens (including phenoxy) is 1. The molecule has 1 aromatic carbocycles. The van der Waals surface area contributed by atoms with Crippen LogP contribution in [0.2, 0.25) is 0 Å². The van der Waals surface area contributed by atoms with Gasteiger partial charge in [0, 0.05) is 25.4 Å². The summed E-state index contributed by atoms with van der Waals surface area (Å²) in [6.45, 7) is 9.96. The zero-order valence-corrected chi connectivity index (χ0v) is 20.0. The molecule has 35 heavy (non-hydrogen) atoms. The Morgan fingerprint density at radius 1 is 1.29 bits per heavy atom. The van der Waals surface area contributed by atoms with Crippen molar-refractivity contribution in [3.63, 3.8) is 0 Å². The molecule has 2 unspecified atom stereocenters. The summed E-state index contributed by atoms with van der Waals surface area (Å²) in [7, 11) is 0. The van der Waals surface area contributed by atoms with Crippen molar-refractivity contribution in [2.45, 2.75) is 45.7 Å². The van der Waals surface area contributed by atoms with Gasteiger partial charge in [-0.2, -0.15) is 5.10 Å². The van der Waals surface area contributed by atoms with Crippen LogP contribution in [0.15, 0.2) is 71.5 Å². The Bertz CT molecular complexity index is 1280. The molecule has 1 aliphatic rings. The zero-order valence-electron chi connectivity index (χ0n) is 20.0. The van der Waals surface area contributed by atoms with Crippen LogP contribution < -0.4 is 10.2 Å². The molecule has 0 aliphatic carbocycles. The first-order valence-electron chi connectivity index (χ1n) is 11.1. The molecule has 3 rings (SSSR count). The molecule has 0 radical (unpaired) electrons. The molecule has 0 N–H and O–H groups in total. The van der Waals surface area contributed by atoms with Crippen molar-refractivity contribution < 1.29 is 23.1 Å². The second-order valence-corrected chi connectivity index (χ2v) is 8.59. The van der Waals surface area contributed by atoms with Crippen molar-refractivity contribution in [3.8, 4) is 5.75 Å². The maximum absolute atomic E-state index is 14.3. The van der Waals surface area contributed by atoms with Crippen LogP contribution in [0.3, 0.4) is 0 Å². The molecule has 1 amide bonds. The summed E-state index contributed by atoms with van der Waals surface area (Å²) in [5, 5.41) is 4.22. The number of nitrogens with zero attached hydrogens (tertiary/aromatic N) is 3. The summed E-state index contributed by atoms with van der Waals surface area (Å²) in [6, 6.07) is 5.16. The van der Waals surface area contributed by atoms with Gasteiger partial charge in [-0.05, 0) is 44.5 Å². The highest BCUT2D eigenvalue weighted by molar-refractivity contribution is 5.96. The zero-order chi connectivity index (χ0) is 25.9. The number of esters is 1. The van der Waals surface area contributed by atoms with E-state index in [1.165, 1.54) is 29.0 Å². The predicted molar refractivity (Wildman–Crippen MR) is 127 cm³/mol. The first-order valence-corrected chi connectivity index (χ1v) is 11.1. The van der Waals surface area contributed by atoms with Gasteiger partial charge in [0.05, 0.1) is 12.2 Å². The molecule has 2 aromatic rings. The Kier molecular flexibility index (Phi) is 7.78. The van der Waals surface area contributed by atoms with E-state index in [9.17, 15) is 23.2 Å². The van der Waals surface area contributed by atoms with E-state index in [0.717, 1.165) is 18.7 Å². The number of carbonyl (C=O) groups excluding carboxylic acids is 2. The van der Waals surface area contributed by atoms with Gasteiger partial charge >= 0.3 is 5.97 Å². The Hall–Kier alpha value is -3.88. The van der Waals surface area contributed by atoms with Crippen molar-refractivity contribution in [3.05, 3.63) is 94.0 Å². The Labute approximate surface area is 202 Å². The number of carbonyl (C=O) groups is 2. The predicted octanol–water partition coefficient (Wildman–Crippen LogP) is 4.48. The number of aromatic nitrogens is 2. The van der Waals surface area contributed by atoms with Gasteiger partial charge in [-0.3, -0.25) is 19.1 Å². The Balaban J connectivity index is 2.29. The molecule has 2 atom stereocenters. The fourth-order valence-corrected chi connectivity index (χ4v) is 4.23. The van der Waals surface area contributed by atoms with Gasteiger partial charge in [-0.15, -0.1) is 0 Å². The van der Waals surface area contributed by atoms with Crippen molar-refractivity contribution in [2.75, 3.05) is 6.54 Å². The van der Waals surface area contributed by atoms with Crippen molar-refractivity contribution in [1.82, 2.24) is 14.7 Å². The standard InChI is InChI=1S/C26H27F2N3O4/c1-15(2)30-14-21(31-24(26(30)34)25(35-18(5)32)22(33)13-29-31)23(16(3)8-6-9-17(4)27)19-10-7-11-20(28)12-19/h6-13,15,21,23H,4,14H2,1-3,5H3/b9-6-,16-8+. The first-order chi connectivity index (χ1) is 16.5. The minimum absolute atomic E-state index is 0.153. The van der Waals surface area contributed by atoms with Gasteiger partial charge in [0.1, 0.15) is 11.6 Å². The van der Waals surface area contributed by atoms with Crippen LogP contribution in [0.1, 0.15) is 55.7 Å². The second-order valence-electron chi connectivity index (χ2n) is 8.59. The smallest absolute Gasteiger partial charge is 0.308 e. The SMILES string of the molecule is C=C(F)/C=C\C=C(/C)C(c1cccc(F)c1)C1CN(C(C)C)C(=O)c2c(OC(C)=O)c(=O)cnn21. The summed E-state index contributed by atoms with van der Waals surface area (Å²) in [4.78, 5) is 39.2. The number of fused-ring (bicyclic) bond motifs is 1. The summed E-state index contributed by atoms with van der Waals surface area (Å²) in [5.74, 6) is -3.27. The third-order valence-electron chi connectivity index (χ3n) is 5.72. The van der Waals surface area contributed by atoms with E-state index in [4.69, 9.17) is 4.74 Å². The van der Waals surface area contributed by atoms with E-state index in [1.54, 1.807) is 30.0 Å². The third-order valence-corrected chi connectivity index (χ3v) is 5.72. The van der Waals surface area contributed by atoms with E-state index in [-0.39, 0.29) is 18.3 Å². The Morgan fingerprint density at radius 3 is 2.60 bits per heavy atom. The van der Waals surface area contributed by atoms with E-state index >= 15 is 0 Å². The largest absolute Gasteiger partial charge is 0.420 e. The number of rotatable bonds is 7. The molecule has 1 aromatic heterocycles. The fraction of sp³-hybridized carbons (Fsp3) is 0.308. The highest BCUT2D eigenvalue weighted by Gasteiger charge is 2.41. The molecule has 0 saturated carbocycles. The van der Waals surface area contributed by atoms with Gasteiger partial charge < -0.3 is 9.64 Å². The molecule has 0 spiro atoms. The van der Waals surface area contributed by atoms with Crippen LogP contribution in [-0.4, -0.2) is 39.1 Å². The maximum atomic E-state index is 14.3. The molecular formula is C26H27F2N3O4. The number of halogens is 2. The van der Waals surface area contributed by atoms with E-state index < -0.39 is 46.7 Å². The highest BCUT2D eigenvalue weighted by atomic mass is 19.1.